The topological polar surface area (TPSA) is 75.3 Å². The van der Waals surface area contributed by atoms with Gasteiger partial charge in [0.05, 0.1) is 4.90 Å². The van der Waals surface area contributed by atoms with Crippen molar-refractivity contribution in [3.8, 4) is 0 Å². The number of halogens is 2. The van der Waals surface area contributed by atoms with Gasteiger partial charge in [0.25, 0.3) is 0 Å². The molecular weight excluding hydrogens is 271 g/mol. The van der Waals surface area contributed by atoms with Gasteiger partial charge in [0.2, 0.25) is 0 Å². The second kappa shape index (κ2) is 5.83. The first-order chi connectivity index (χ1) is 7.93. The van der Waals surface area contributed by atoms with Gasteiger partial charge in [0, 0.05) is 18.1 Å². The maximum Gasteiger partial charge on any atom is 0.332 e. The van der Waals surface area contributed by atoms with Crippen LogP contribution in [-0.2, 0) is 10.2 Å². The standard InChI is InChI=1S/C9H10ClFN2O3S/c10-5-6-12-9(14)13-7-1-3-8(4-2-7)17(11,15)16/h1-4H,5-6H2,(H2,12,13,14). The lowest BCUT2D eigenvalue weighted by Gasteiger charge is -2.06. The second-order valence-corrected chi connectivity index (χ2v) is 4.76. The van der Waals surface area contributed by atoms with Gasteiger partial charge >= 0.3 is 16.3 Å². The Balaban J connectivity index is 2.66. The predicted molar refractivity (Wildman–Crippen MR) is 62.5 cm³/mol. The van der Waals surface area contributed by atoms with Gasteiger partial charge < -0.3 is 10.6 Å². The normalized spacial score (nSPS) is 10.9. The molecule has 0 aromatic heterocycles. The van der Waals surface area contributed by atoms with E-state index in [0.29, 0.717) is 12.2 Å². The number of benzene rings is 1. The molecule has 0 aliphatic rings. The zero-order valence-electron chi connectivity index (χ0n) is 8.61. The van der Waals surface area contributed by atoms with E-state index in [1.807, 2.05) is 0 Å². The molecule has 5 nitrogen and oxygen atoms in total. The average Bonchev–Trinajstić information content (AvgIpc) is 2.26. The van der Waals surface area contributed by atoms with Crippen molar-refractivity contribution in [2.45, 2.75) is 4.90 Å². The smallest absolute Gasteiger partial charge is 0.332 e. The molecule has 0 fully saturated rings. The summed E-state index contributed by atoms with van der Waals surface area (Å²) in [6, 6.07) is 4.22. The fourth-order valence-electron chi connectivity index (χ4n) is 1.04. The molecular formula is C9H10ClFN2O3S. The van der Waals surface area contributed by atoms with Crippen LogP contribution >= 0.6 is 11.6 Å². The molecule has 1 rings (SSSR count). The van der Waals surface area contributed by atoms with Crippen LogP contribution in [0.2, 0.25) is 0 Å². The van der Waals surface area contributed by atoms with E-state index >= 15 is 0 Å². The highest BCUT2D eigenvalue weighted by atomic mass is 35.5. The number of carbonyl (C=O) groups excluding carboxylic acids is 1. The Morgan fingerprint density at radius 3 is 2.35 bits per heavy atom. The van der Waals surface area contributed by atoms with Crippen LogP contribution in [0.4, 0.5) is 14.4 Å². The maximum atomic E-state index is 12.5. The summed E-state index contributed by atoms with van der Waals surface area (Å²) in [6.07, 6.45) is 0. The van der Waals surface area contributed by atoms with Crippen LogP contribution < -0.4 is 10.6 Å². The zero-order valence-corrected chi connectivity index (χ0v) is 10.2. The van der Waals surface area contributed by atoms with Crippen LogP contribution in [0, 0.1) is 0 Å². The summed E-state index contributed by atoms with van der Waals surface area (Å²) in [6.45, 7) is 0.310. The van der Waals surface area contributed by atoms with Crippen molar-refractivity contribution in [1.29, 1.82) is 0 Å². The summed E-state index contributed by atoms with van der Waals surface area (Å²) in [5.41, 5.74) is 0.351. The number of amides is 2. The molecule has 0 aliphatic heterocycles. The van der Waals surface area contributed by atoms with Crippen LogP contribution in [0.3, 0.4) is 0 Å². The number of hydrogen-bond acceptors (Lipinski definition) is 3. The Kier molecular flexibility index (Phi) is 4.71. The Morgan fingerprint density at radius 1 is 1.29 bits per heavy atom. The van der Waals surface area contributed by atoms with Crippen LogP contribution in [0.15, 0.2) is 29.2 Å². The highest BCUT2D eigenvalue weighted by Gasteiger charge is 2.11. The van der Waals surface area contributed by atoms with Crippen LogP contribution in [0.1, 0.15) is 0 Å². The molecule has 1 aromatic carbocycles. The van der Waals surface area contributed by atoms with Crippen molar-refractivity contribution in [1.82, 2.24) is 5.32 Å². The molecule has 0 saturated heterocycles. The summed E-state index contributed by atoms with van der Waals surface area (Å²) in [5.74, 6) is 0.284. The molecule has 0 saturated carbocycles. The minimum Gasteiger partial charge on any atom is -0.337 e. The summed E-state index contributed by atoms with van der Waals surface area (Å²) in [7, 11) is -4.71. The van der Waals surface area contributed by atoms with E-state index in [1.165, 1.54) is 12.1 Å². The Labute approximate surface area is 103 Å². The van der Waals surface area contributed by atoms with Gasteiger partial charge in [-0.05, 0) is 24.3 Å². The summed E-state index contributed by atoms with van der Waals surface area (Å²) >= 11 is 5.37. The van der Waals surface area contributed by atoms with Gasteiger partial charge in [-0.25, -0.2) is 4.79 Å². The molecule has 0 atom stereocenters. The third-order valence-corrected chi connectivity index (χ3v) is 2.80. The first kappa shape index (κ1) is 13.7. The third-order valence-electron chi connectivity index (χ3n) is 1.77. The lowest BCUT2D eigenvalue weighted by molar-refractivity contribution is 0.252. The van der Waals surface area contributed by atoms with Gasteiger partial charge in [0.1, 0.15) is 0 Å². The Morgan fingerprint density at radius 2 is 1.88 bits per heavy atom. The highest BCUT2D eigenvalue weighted by Crippen LogP contribution is 2.15. The minimum absolute atomic E-state index is 0.284. The summed E-state index contributed by atoms with van der Waals surface area (Å²) in [4.78, 5) is 10.7. The number of anilines is 1. The first-order valence-electron chi connectivity index (χ1n) is 4.59. The number of hydrogen-bond donors (Lipinski definition) is 2. The van der Waals surface area contributed by atoms with Crippen molar-refractivity contribution < 1.29 is 17.1 Å². The van der Waals surface area contributed by atoms with E-state index in [4.69, 9.17) is 11.6 Å². The van der Waals surface area contributed by atoms with Gasteiger partial charge in [-0.2, -0.15) is 8.42 Å². The van der Waals surface area contributed by atoms with Crippen molar-refractivity contribution in [2.24, 2.45) is 0 Å². The lowest BCUT2D eigenvalue weighted by atomic mass is 10.3. The predicted octanol–water partition coefficient (Wildman–Crippen LogP) is 1.71. The average molecular weight is 281 g/mol. The van der Waals surface area contributed by atoms with E-state index < -0.39 is 21.1 Å². The Hall–Kier alpha value is -1.34. The summed E-state index contributed by atoms with van der Waals surface area (Å²) < 4.78 is 33.6. The third kappa shape index (κ3) is 4.58. The van der Waals surface area contributed by atoms with Crippen molar-refractivity contribution in [2.75, 3.05) is 17.7 Å². The fourth-order valence-corrected chi connectivity index (χ4v) is 1.59. The molecule has 2 amide bonds. The van der Waals surface area contributed by atoms with Crippen molar-refractivity contribution in [3.05, 3.63) is 24.3 Å². The highest BCUT2D eigenvalue weighted by molar-refractivity contribution is 7.86. The lowest BCUT2D eigenvalue weighted by Crippen LogP contribution is -2.30. The molecule has 94 valence electrons. The van der Waals surface area contributed by atoms with Crippen LogP contribution in [0.25, 0.3) is 0 Å². The molecule has 0 heterocycles. The number of urea groups is 1. The quantitative estimate of drug-likeness (QED) is 0.651. The van der Waals surface area contributed by atoms with E-state index in [0.717, 1.165) is 12.1 Å². The first-order valence-corrected chi connectivity index (χ1v) is 6.51. The van der Waals surface area contributed by atoms with E-state index in [1.54, 1.807) is 0 Å². The van der Waals surface area contributed by atoms with Crippen molar-refractivity contribution >= 4 is 33.5 Å². The monoisotopic (exact) mass is 280 g/mol. The molecule has 0 unspecified atom stereocenters. The van der Waals surface area contributed by atoms with Crippen LogP contribution in [0.5, 0.6) is 0 Å². The SMILES string of the molecule is O=C(NCCCl)Nc1ccc(S(=O)(=O)F)cc1. The van der Waals surface area contributed by atoms with Gasteiger partial charge in [-0.15, -0.1) is 15.5 Å². The number of rotatable bonds is 4. The van der Waals surface area contributed by atoms with Gasteiger partial charge in [-0.1, -0.05) is 0 Å². The van der Waals surface area contributed by atoms with E-state index in [9.17, 15) is 17.1 Å². The minimum atomic E-state index is -4.71. The van der Waals surface area contributed by atoms with Gasteiger partial charge in [-0.3, -0.25) is 0 Å². The van der Waals surface area contributed by atoms with Crippen molar-refractivity contribution in [3.63, 3.8) is 0 Å². The van der Waals surface area contributed by atoms with Gasteiger partial charge in [0.15, 0.2) is 0 Å². The molecule has 0 aliphatic carbocycles. The number of alkyl halides is 1. The molecule has 8 heteroatoms. The number of nitrogens with one attached hydrogen (secondary N) is 2. The molecule has 17 heavy (non-hydrogen) atoms. The molecule has 2 N–H and O–H groups in total. The number of carbonyl (C=O) groups is 1. The fraction of sp³-hybridized carbons (Fsp3) is 0.222. The molecule has 0 bridgehead atoms. The van der Waals surface area contributed by atoms with E-state index in [2.05, 4.69) is 10.6 Å². The molecule has 0 spiro atoms. The molecule has 1 aromatic rings. The van der Waals surface area contributed by atoms with E-state index in [-0.39, 0.29) is 5.88 Å². The second-order valence-electron chi connectivity index (χ2n) is 3.03. The zero-order chi connectivity index (χ0) is 12.9. The molecule has 0 radical (unpaired) electrons. The summed E-state index contributed by atoms with van der Waals surface area (Å²) in [5, 5.41) is 4.88. The largest absolute Gasteiger partial charge is 0.337 e. The maximum absolute atomic E-state index is 12.5. The van der Waals surface area contributed by atoms with Crippen LogP contribution in [-0.4, -0.2) is 26.9 Å². The Bertz CT molecular complexity index is 489.